The smallest absolute Gasteiger partial charge is 0.252 e. The van der Waals surface area contributed by atoms with Gasteiger partial charge in [0.2, 0.25) is 0 Å². The van der Waals surface area contributed by atoms with Crippen molar-refractivity contribution in [2.45, 2.75) is 57.8 Å². The second kappa shape index (κ2) is 24.9. The molecule has 4 aliphatic rings. The summed E-state index contributed by atoms with van der Waals surface area (Å²) in [7, 11) is 0. The molecule has 0 fully saturated rings. The molecule has 1 spiro atoms. The maximum absolute atomic E-state index is 2.76. The molecule has 110 heavy (non-hydrogen) atoms. The molecule has 4 nitrogen and oxygen atoms in total. The fourth-order valence-electron chi connectivity index (χ4n) is 19.1. The highest BCUT2D eigenvalue weighted by atomic mass is 15.2. The van der Waals surface area contributed by atoms with Gasteiger partial charge in [-0.25, -0.2) is 0 Å². The van der Waals surface area contributed by atoms with Crippen molar-refractivity contribution in [3.63, 3.8) is 0 Å². The van der Waals surface area contributed by atoms with E-state index in [1.165, 1.54) is 82.8 Å². The number of benzene rings is 16. The van der Waals surface area contributed by atoms with Gasteiger partial charge in [-0.05, 0) is 196 Å². The van der Waals surface area contributed by atoms with Crippen molar-refractivity contribution >= 4 is 96.1 Å². The van der Waals surface area contributed by atoms with Crippen molar-refractivity contribution in [3.05, 3.63) is 403 Å². The van der Waals surface area contributed by atoms with Crippen molar-refractivity contribution < 1.29 is 0 Å². The van der Waals surface area contributed by atoms with Crippen LogP contribution in [0.25, 0.3) is 94.3 Å². The van der Waals surface area contributed by atoms with Crippen LogP contribution in [0.2, 0.25) is 0 Å². The lowest BCUT2D eigenvalue weighted by molar-refractivity contribution is 0.590. The Balaban J connectivity index is 0.995. The van der Waals surface area contributed by atoms with Crippen LogP contribution in [-0.4, -0.2) is 11.3 Å². The molecule has 1 aromatic heterocycles. The zero-order chi connectivity index (χ0) is 73.7. The van der Waals surface area contributed by atoms with Crippen LogP contribution in [0.5, 0.6) is 0 Å². The number of fused-ring (bicyclic) bond motifs is 17. The fourth-order valence-corrected chi connectivity index (χ4v) is 19.1. The largest absolute Gasteiger partial charge is 0.310 e. The van der Waals surface area contributed by atoms with Gasteiger partial charge in [-0.3, -0.25) is 0 Å². The molecule has 0 atom stereocenters. The number of anilines is 9. The number of hydrogen-bond acceptors (Lipinski definition) is 3. The van der Waals surface area contributed by atoms with Crippen molar-refractivity contribution in [2.24, 2.45) is 0 Å². The van der Waals surface area contributed by atoms with Gasteiger partial charge in [0.15, 0.2) is 0 Å². The zero-order valence-electron chi connectivity index (χ0n) is 62.6. The molecule has 3 heterocycles. The SMILES string of the molecule is CC(C)(C)c1cc(-c2ccccc2)c(N2c3cc(-n4c5ccccc5c5ccccc54)ccc3B3c4cc5c(cc4N(c4c(-c6ccccc6)cc(C(C)(C)C)cc4-c4ccccc4)c4cc(N(c6ccccc6)c6ccccc6)cc2c43)-c2ccccc2C52c3ccccc3-c3ccccc32)c(-c2ccccc2)c1. The van der Waals surface area contributed by atoms with Crippen molar-refractivity contribution in [3.8, 4) is 72.4 Å². The van der Waals surface area contributed by atoms with E-state index in [0.29, 0.717) is 0 Å². The van der Waals surface area contributed by atoms with Crippen LogP contribution in [-0.2, 0) is 16.2 Å². The number of para-hydroxylation sites is 4. The first-order chi connectivity index (χ1) is 53.9. The third-order valence-electron chi connectivity index (χ3n) is 24.0. The molecule has 2 aliphatic heterocycles. The van der Waals surface area contributed by atoms with Gasteiger partial charge in [0, 0.05) is 72.8 Å². The van der Waals surface area contributed by atoms with Gasteiger partial charge in [0.05, 0.1) is 33.5 Å². The van der Waals surface area contributed by atoms with E-state index in [-0.39, 0.29) is 17.5 Å². The minimum atomic E-state index is -0.648. The van der Waals surface area contributed by atoms with Crippen molar-refractivity contribution in [1.29, 1.82) is 0 Å². The van der Waals surface area contributed by atoms with E-state index in [4.69, 9.17) is 0 Å². The second-order valence-electron chi connectivity index (χ2n) is 32.3. The molecule has 0 unspecified atom stereocenters. The highest BCUT2D eigenvalue weighted by molar-refractivity contribution is 7.00. The highest BCUT2D eigenvalue weighted by Gasteiger charge is 2.54. The van der Waals surface area contributed by atoms with Crippen molar-refractivity contribution in [2.75, 3.05) is 14.7 Å². The van der Waals surface area contributed by atoms with E-state index in [1.54, 1.807) is 0 Å². The first kappa shape index (κ1) is 65.1. The third-order valence-corrected chi connectivity index (χ3v) is 24.0. The van der Waals surface area contributed by atoms with Crippen LogP contribution in [0, 0.1) is 0 Å². The normalized spacial score (nSPS) is 13.4. The maximum Gasteiger partial charge on any atom is 0.252 e. The van der Waals surface area contributed by atoms with Crippen LogP contribution in [0.15, 0.2) is 370 Å². The van der Waals surface area contributed by atoms with Gasteiger partial charge >= 0.3 is 0 Å². The Morgan fingerprint density at radius 2 is 0.627 bits per heavy atom. The van der Waals surface area contributed by atoms with Crippen LogP contribution in [0.4, 0.5) is 51.2 Å². The third kappa shape index (κ3) is 9.86. The molecular weight excluding hydrogens is 1330 g/mol. The number of nitrogens with zero attached hydrogens (tertiary/aromatic N) is 4. The molecule has 0 amide bonds. The summed E-state index contributed by atoms with van der Waals surface area (Å²) in [4.78, 5) is 8.00. The Morgan fingerprint density at radius 3 is 1.04 bits per heavy atom. The number of hydrogen-bond donors (Lipinski definition) is 0. The lowest BCUT2D eigenvalue weighted by Gasteiger charge is -2.47. The molecule has 522 valence electrons. The Bertz CT molecular complexity index is 6290. The Hall–Kier alpha value is -13.2. The zero-order valence-corrected chi connectivity index (χ0v) is 62.6. The molecule has 0 radical (unpaired) electrons. The minimum Gasteiger partial charge on any atom is -0.310 e. The average Bonchev–Trinajstić information content (AvgIpc) is 1.38. The van der Waals surface area contributed by atoms with Crippen molar-refractivity contribution in [1.82, 2.24) is 4.57 Å². The Kier molecular flexibility index (Phi) is 14.8. The second-order valence-corrected chi connectivity index (χ2v) is 32.3. The molecule has 17 aromatic rings. The van der Waals surface area contributed by atoms with Gasteiger partial charge in [-0.1, -0.05) is 321 Å². The average molecular weight is 1410 g/mol. The number of aromatic nitrogens is 1. The summed E-state index contributed by atoms with van der Waals surface area (Å²) >= 11 is 0. The first-order valence-corrected chi connectivity index (χ1v) is 38.8. The van der Waals surface area contributed by atoms with E-state index in [9.17, 15) is 0 Å². The molecule has 5 heteroatoms. The lowest BCUT2D eigenvalue weighted by atomic mass is 9.33. The molecule has 0 N–H and O–H groups in total. The summed E-state index contributed by atoms with van der Waals surface area (Å²) in [5, 5.41) is 2.44. The molecule has 21 rings (SSSR count). The molecule has 16 aromatic carbocycles. The lowest BCUT2D eigenvalue weighted by Crippen LogP contribution is -2.61. The summed E-state index contributed by atoms with van der Waals surface area (Å²) in [5.41, 5.74) is 37.6. The van der Waals surface area contributed by atoms with Gasteiger partial charge in [0.25, 0.3) is 6.71 Å². The predicted octanol–water partition coefficient (Wildman–Crippen LogP) is 25.9. The van der Waals surface area contributed by atoms with E-state index >= 15 is 0 Å². The Morgan fingerprint density at radius 1 is 0.273 bits per heavy atom. The summed E-state index contributed by atoms with van der Waals surface area (Å²) in [5.74, 6) is 0. The molecule has 0 saturated carbocycles. The topological polar surface area (TPSA) is 14.7 Å². The molecule has 0 bridgehead atoms. The standard InChI is InChI=1S/C105H79BN4/c1-103(2,3)72-59-83(68-35-13-7-14-36-68)101(84(60-72)69-37-15-8-16-38-69)109-96-63-76(108-94-55-33-28-50-81(94)82-51-29-34-56-95(82)108)57-58-92(96)106-93-67-91-87(80-49-27-32-54-90(80)105(91)88-52-30-25-47-78(88)79-48-26-31-53-89(79)105)66-97(93)110(99-65-77(64-98(109)100(99)106)107(74-43-21-11-22-44-74)75-45-23-12-24-46-75)102-85(70-39-17-9-18-40-70)61-73(104(4,5)6)62-86(102)71-41-19-10-20-42-71/h7-67H,1-6H3. The van der Waals surface area contributed by atoms with E-state index < -0.39 is 5.41 Å². The fraction of sp³-hybridized carbons (Fsp3) is 0.0857. The van der Waals surface area contributed by atoms with Crippen LogP contribution in [0.3, 0.4) is 0 Å². The molecule has 2 aliphatic carbocycles. The van der Waals surface area contributed by atoms with Crippen LogP contribution < -0.4 is 31.1 Å². The van der Waals surface area contributed by atoms with E-state index in [2.05, 4.69) is 431 Å². The van der Waals surface area contributed by atoms with Crippen LogP contribution in [0.1, 0.15) is 74.9 Å². The van der Waals surface area contributed by atoms with Gasteiger partial charge < -0.3 is 19.3 Å². The summed E-state index contributed by atoms with van der Waals surface area (Å²) in [6, 6.07) is 141. The molecule has 0 saturated heterocycles. The van der Waals surface area contributed by atoms with E-state index in [1.807, 2.05) is 0 Å². The monoisotopic (exact) mass is 1410 g/mol. The predicted molar refractivity (Wildman–Crippen MR) is 465 cm³/mol. The van der Waals surface area contributed by atoms with Crippen LogP contribution >= 0.6 is 0 Å². The van der Waals surface area contributed by atoms with E-state index in [0.717, 1.165) is 112 Å². The summed E-state index contributed by atoms with van der Waals surface area (Å²) in [6.07, 6.45) is 0. The maximum atomic E-state index is 2.76. The minimum absolute atomic E-state index is 0.230. The highest BCUT2D eigenvalue weighted by Crippen LogP contribution is 2.65. The van der Waals surface area contributed by atoms with Gasteiger partial charge in [-0.2, -0.15) is 0 Å². The number of rotatable bonds is 10. The van der Waals surface area contributed by atoms with Gasteiger partial charge in [-0.15, -0.1) is 0 Å². The summed E-state index contributed by atoms with van der Waals surface area (Å²) < 4.78 is 2.52. The first-order valence-electron chi connectivity index (χ1n) is 38.8. The Labute approximate surface area is 644 Å². The summed E-state index contributed by atoms with van der Waals surface area (Å²) in [6.45, 7) is 13.8. The molecular formula is C105H79BN4. The quantitative estimate of drug-likeness (QED) is 0.127. The van der Waals surface area contributed by atoms with Gasteiger partial charge in [0.1, 0.15) is 0 Å².